The molecule has 2 aliphatic heterocycles. The van der Waals surface area contributed by atoms with Gasteiger partial charge in [0.2, 0.25) is 0 Å². The smallest absolute Gasteiger partial charge is 0.544 e. The molecule has 0 unspecified atom stereocenters. The van der Waals surface area contributed by atoms with E-state index >= 15 is 0 Å². The van der Waals surface area contributed by atoms with Crippen molar-refractivity contribution in [2.45, 2.75) is 48.2 Å². The number of aliphatic hydroxyl groups is 6. The Hall–Kier alpha value is -1.26. The van der Waals surface area contributed by atoms with Crippen molar-refractivity contribution in [3.8, 4) is 0 Å². The first-order chi connectivity index (χ1) is 13.7. The Bertz CT molecular complexity index is 629. The van der Waals surface area contributed by atoms with E-state index in [2.05, 4.69) is 19.6 Å². The van der Waals surface area contributed by atoms with E-state index in [0.29, 0.717) is 0 Å². The molecular formula is C12H14CaO18. The van der Waals surface area contributed by atoms with Crippen LogP contribution >= 0.6 is 0 Å². The van der Waals surface area contributed by atoms with Gasteiger partial charge < -0.3 is 60.7 Å². The molecule has 0 radical (unpaired) electrons. The van der Waals surface area contributed by atoms with Crippen LogP contribution in [0.15, 0.2) is 0 Å². The topological polar surface area (TPSA) is 326 Å². The summed E-state index contributed by atoms with van der Waals surface area (Å²) < 4.78 is 0. The summed E-state index contributed by atoms with van der Waals surface area (Å²) in [6.07, 6.45) is -13.9. The molecule has 31 heavy (non-hydrogen) atoms. The zero-order chi connectivity index (χ0) is 23.6. The molecule has 18 nitrogen and oxygen atoms in total. The van der Waals surface area contributed by atoms with E-state index in [1.807, 2.05) is 0 Å². The fourth-order valence-electron chi connectivity index (χ4n) is 1.75. The Kier molecular flexibility index (Phi) is 10.6. The van der Waals surface area contributed by atoms with E-state index in [1.165, 1.54) is 0 Å². The van der Waals surface area contributed by atoms with E-state index in [-0.39, 0.29) is 37.7 Å². The summed E-state index contributed by atoms with van der Waals surface area (Å²) in [7, 11) is 0. The molecule has 0 bridgehead atoms. The van der Waals surface area contributed by atoms with Gasteiger partial charge in [0.1, 0.15) is 36.4 Å². The van der Waals surface area contributed by atoms with Crippen molar-refractivity contribution in [1.29, 1.82) is 0 Å². The van der Waals surface area contributed by atoms with Crippen LogP contribution in [0.25, 0.3) is 0 Å². The average molecular weight is 486 g/mol. The molecule has 0 saturated carbocycles. The van der Waals surface area contributed by atoms with Crippen LogP contribution in [0.4, 0.5) is 0 Å². The maximum absolute atomic E-state index is 10.4. The summed E-state index contributed by atoms with van der Waals surface area (Å²) in [6, 6.07) is 0. The first kappa shape index (κ1) is 29.7. The van der Waals surface area contributed by atoms with E-state index in [4.69, 9.17) is 40.9 Å². The van der Waals surface area contributed by atoms with Gasteiger partial charge in [-0.1, -0.05) is 0 Å². The summed E-state index contributed by atoms with van der Waals surface area (Å²) in [5, 5.41) is 91.3. The molecule has 0 amide bonds. The summed E-state index contributed by atoms with van der Waals surface area (Å²) in [5.74, 6) is -12.9. The van der Waals surface area contributed by atoms with Crippen LogP contribution in [0.2, 0.25) is 0 Å². The Balaban J connectivity index is 0.000000562. The van der Waals surface area contributed by atoms with Crippen LogP contribution in [0.3, 0.4) is 0 Å². The summed E-state index contributed by atoms with van der Waals surface area (Å²) in [6.45, 7) is 0. The second-order valence-corrected chi connectivity index (χ2v) is 5.68. The van der Waals surface area contributed by atoms with Gasteiger partial charge in [0, 0.05) is 0 Å². The molecule has 0 aromatic heterocycles. The third kappa shape index (κ3) is 6.38. The minimum absolute atomic E-state index is 0. The number of aliphatic carboxylic acids is 4. The van der Waals surface area contributed by atoms with Crippen molar-refractivity contribution in [2.24, 2.45) is 0 Å². The van der Waals surface area contributed by atoms with Gasteiger partial charge >= 0.3 is 61.3 Å². The Morgan fingerprint density at radius 2 is 0.839 bits per heavy atom. The molecule has 2 rings (SSSR count). The van der Waals surface area contributed by atoms with Gasteiger partial charge in [0.05, 0.1) is 0 Å². The number of carboxylic acids is 4. The maximum atomic E-state index is 10.4. The SMILES string of the molecule is O=C(O)[C@@H](O)[C@@H](O)[C@H](O)C1(C(=O)[O-])OO1.O=C(O)[C@@H](O)[C@@H](O)[C@H](O)C1(C(=O)[O-])OO1.[Ca+2]. The third-order valence-electron chi connectivity index (χ3n) is 3.67. The Morgan fingerprint density at radius 1 is 0.613 bits per heavy atom. The van der Waals surface area contributed by atoms with Gasteiger partial charge in [-0.3, -0.25) is 0 Å². The molecule has 0 aliphatic carbocycles. The van der Waals surface area contributed by atoms with E-state index < -0.39 is 72.1 Å². The largest absolute Gasteiger partial charge is 2.00 e. The first-order valence-electron chi connectivity index (χ1n) is 7.36. The molecule has 2 saturated heterocycles. The number of hydrogen-bond acceptors (Lipinski definition) is 16. The number of rotatable bonds is 10. The molecule has 0 aromatic rings. The second-order valence-electron chi connectivity index (χ2n) is 5.68. The van der Waals surface area contributed by atoms with Gasteiger partial charge in [0.15, 0.2) is 12.2 Å². The minimum Gasteiger partial charge on any atom is -0.544 e. The quantitative estimate of drug-likeness (QED) is 0.0806. The first-order valence-corrected chi connectivity index (χ1v) is 7.36. The summed E-state index contributed by atoms with van der Waals surface area (Å²) >= 11 is 0. The van der Waals surface area contributed by atoms with Crippen LogP contribution in [-0.4, -0.2) is 151 Å². The maximum Gasteiger partial charge on any atom is 2.00 e. The zero-order valence-corrected chi connectivity index (χ0v) is 17.0. The predicted octanol–water partition coefficient (Wildman–Crippen LogP) is -9.26. The molecule has 172 valence electrons. The number of carbonyl (C=O) groups excluding carboxylic acids is 2. The summed E-state index contributed by atoms with van der Waals surface area (Å²) in [4.78, 5) is 56.7. The molecule has 8 N–H and O–H groups in total. The van der Waals surface area contributed by atoms with Crippen molar-refractivity contribution in [1.82, 2.24) is 0 Å². The molecule has 19 heteroatoms. The summed E-state index contributed by atoms with van der Waals surface area (Å²) in [5.41, 5.74) is 0. The number of carbonyl (C=O) groups is 4. The fraction of sp³-hybridized carbons (Fsp3) is 0.667. The predicted molar refractivity (Wildman–Crippen MR) is 76.9 cm³/mol. The van der Waals surface area contributed by atoms with Crippen LogP contribution < -0.4 is 10.2 Å². The molecule has 0 spiro atoms. The van der Waals surface area contributed by atoms with E-state index in [9.17, 15) is 29.4 Å². The van der Waals surface area contributed by atoms with E-state index in [0.717, 1.165) is 0 Å². The molecular weight excluding hydrogens is 472 g/mol. The zero-order valence-electron chi connectivity index (χ0n) is 14.8. The van der Waals surface area contributed by atoms with Crippen LogP contribution in [0.5, 0.6) is 0 Å². The average Bonchev–Trinajstić information content (AvgIpc) is 3.56. The number of carboxylic acid groups (broad SMARTS) is 4. The standard InChI is InChI=1S/2C6H8O9.Ca/c2*7-1(2(8)4(10)11)3(9)6(5(12)13)14-15-6;/h2*1-3,7-9H,(H,10,11)(H,12,13);/q;;+2/p-2/t2*1-,2+,3+;/m11./s1. The van der Waals surface area contributed by atoms with Gasteiger partial charge in [-0.15, -0.1) is 0 Å². The molecule has 0 aromatic carbocycles. The molecule has 2 fully saturated rings. The molecule has 6 atom stereocenters. The Morgan fingerprint density at radius 3 is 0.968 bits per heavy atom. The van der Waals surface area contributed by atoms with Crippen LogP contribution in [0.1, 0.15) is 0 Å². The van der Waals surface area contributed by atoms with Crippen molar-refractivity contribution in [2.75, 3.05) is 0 Å². The number of aliphatic hydroxyl groups excluding tert-OH is 6. The van der Waals surface area contributed by atoms with Gasteiger partial charge in [0.25, 0.3) is 0 Å². The van der Waals surface area contributed by atoms with Crippen molar-refractivity contribution < 1.29 is 89.8 Å². The number of hydrogen-bond donors (Lipinski definition) is 8. The molecule has 2 heterocycles. The third-order valence-corrected chi connectivity index (χ3v) is 3.67. The minimum atomic E-state index is -2.62. The fourth-order valence-corrected chi connectivity index (χ4v) is 1.75. The van der Waals surface area contributed by atoms with Gasteiger partial charge in [-0.05, 0) is 0 Å². The van der Waals surface area contributed by atoms with Gasteiger partial charge in [-0.25, -0.2) is 9.59 Å². The molecule has 2 aliphatic rings. The van der Waals surface area contributed by atoms with E-state index in [1.54, 1.807) is 0 Å². The van der Waals surface area contributed by atoms with Crippen LogP contribution in [-0.2, 0) is 38.7 Å². The van der Waals surface area contributed by atoms with Gasteiger partial charge in [-0.2, -0.15) is 19.6 Å². The Labute approximate surface area is 199 Å². The second kappa shape index (κ2) is 11.0. The van der Waals surface area contributed by atoms with Crippen molar-refractivity contribution in [3.05, 3.63) is 0 Å². The monoisotopic (exact) mass is 486 g/mol. The van der Waals surface area contributed by atoms with Crippen molar-refractivity contribution in [3.63, 3.8) is 0 Å². The van der Waals surface area contributed by atoms with Crippen molar-refractivity contribution >= 4 is 61.6 Å². The van der Waals surface area contributed by atoms with Crippen LogP contribution in [0, 0.1) is 0 Å². The normalized spacial score (nSPS) is 23.2.